The third-order valence-corrected chi connectivity index (χ3v) is 3.48. The molecule has 3 rings (SSSR count). The topological polar surface area (TPSA) is 43.6 Å². The molecule has 0 bridgehead atoms. The largest absolute Gasteiger partial charge is 0.298 e. The molecule has 4 nitrogen and oxygen atoms in total. The minimum Gasteiger partial charge on any atom is -0.298 e. The van der Waals surface area contributed by atoms with E-state index in [1.165, 1.54) is 12.3 Å². The van der Waals surface area contributed by atoms with Crippen molar-refractivity contribution in [3.63, 3.8) is 0 Å². The highest BCUT2D eigenvalue weighted by atomic mass is 35.5. The van der Waals surface area contributed by atoms with Crippen LogP contribution in [0.1, 0.15) is 22.8 Å². The lowest BCUT2D eigenvalue weighted by Gasteiger charge is -2.06. The van der Waals surface area contributed by atoms with Crippen molar-refractivity contribution < 1.29 is 4.39 Å². The number of pyridine rings is 2. The van der Waals surface area contributed by atoms with Gasteiger partial charge in [-0.25, -0.2) is 14.4 Å². The van der Waals surface area contributed by atoms with Crippen molar-refractivity contribution in [2.45, 2.75) is 13.8 Å². The van der Waals surface area contributed by atoms with Gasteiger partial charge in [0.1, 0.15) is 22.5 Å². The Morgan fingerprint density at radius 3 is 2.74 bits per heavy atom. The molecule has 3 aromatic rings. The minimum atomic E-state index is -0.394. The average molecular weight is 327 g/mol. The first-order valence-electron chi connectivity index (χ1n) is 6.85. The molecular formula is C17H12ClFN4. The van der Waals surface area contributed by atoms with E-state index in [-0.39, 0.29) is 0 Å². The number of hydrogen-bond acceptors (Lipinski definition) is 3. The van der Waals surface area contributed by atoms with Crippen LogP contribution < -0.4 is 0 Å². The van der Waals surface area contributed by atoms with Gasteiger partial charge in [-0.05, 0) is 31.9 Å². The quantitative estimate of drug-likeness (QED) is 0.508. The summed E-state index contributed by atoms with van der Waals surface area (Å²) < 4.78 is 15.2. The molecule has 0 saturated carbocycles. The summed E-state index contributed by atoms with van der Waals surface area (Å²) in [6.07, 6.45) is 4.35. The first-order valence-corrected chi connectivity index (χ1v) is 7.23. The molecule has 0 aromatic carbocycles. The molecule has 0 aliphatic rings. The molecule has 23 heavy (non-hydrogen) atoms. The normalized spacial score (nSPS) is 10.3. The van der Waals surface area contributed by atoms with Crippen LogP contribution in [0, 0.1) is 31.5 Å². The number of rotatable bonds is 1. The van der Waals surface area contributed by atoms with Crippen LogP contribution in [0.15, 0.2) is 36.8 Å². The molecule has 0 atom stereocenters. The van der Waals surface area contributed by atoms with Gasteiger partial charge in [0.25, 0.3) is 0 Å². The molecule has 3 aromatic heterocycles. The monoisotopic (exact) mass is 326 g/mol. The van der Waals surface area contributed by atoms with Crippen molar-refractivity contribution >= 4 is 11.6 Å². The fourth-order valence-corrected chi connectivity index (χ4v) is 2.45. The van der Waals surface area contributed by atoms with Crippen LogP contribution in [-0.4, -0.2) is 19.5 Å². The molecule has 0 amide bonds. The number of nitrogens with zero attached hydrogens (tertiary/aromatic N) is 4. The summed E-state index contributed by atoms with van der Waals surface area (Å²) in [7, 11) is 0. The van der Waals surface area contributed by atoms with Gasteiger partial charge < -0.3 is 0 Å². The molecule has 0 radical (unpaired) electrons. The summed E-state index contributed by atoms with van der Waals surface area (Å²) in [6.45, 7) is 3.72. The van der Waals surface area contributed by atoms with Crippen molar-refractivity contribution in [3.8, 4) is 17.5 Å². The van der Waals surface area contributed by atoms with E-state index < -0.39 is 5.82 Å². The Bertz CT molecular complexity index is 937. The van der Waals surface area contributed by atoms with E-state index in [0.717, 1.165) is 11.3 Å². The van der Waals surface area contributed by atoms with E-state index in [1.54, 1.807) is 24.5 Å². The van der Waals surface area contributed by atoms with Gasteiger partial charge in [-0.3, -0.25) is 9.55 Å². The maximum atomic E-state index is 13.4. The van der Waals surface area contributed by atoms with E-state index in [2.05, 4.69) is 26.8 Å². The summed E-state index contributed by atoms with van der Waals surface area (Å²) >= 11 is 5.84. The first kappa shape index (κ1) is 15.2. The van der Waals surface area contributed by atoms with E-state index in [0.29, 0.717) is 22.4 Å². The van der Waals surface area contributed by atoms with Crippen molar-refractivity contribution in [3.05, 3.63) is 70.5 Å². The van der Waals surface area contributed by atoms with Gasteiger partial charge in [0.05, 0.1) is 23.8 Å². The van der Waals surface area contributed by atoms with Crippen molar-refractivity contribution in [1.29, 1.82) is 0 Å². The average Bonchev–Trinajstić information content (AvgIpc) is 2.79. The van der Waals surface area contributed by atoms with Gasteiger partial charge in [-0.1, -0.05) is 17.5 Å². The Morgan fingerprint density at radius 2 is 2.00 bits per heavy atom. The van der Waals surface area contributed by atoms with Crippen LogP contribution in [-0.2, 0) is 0 Å². The minimum absolute atomic E-state index is 0.390. The Labute approximate surface area is 138 Å². The van der Waals surface area contributed by atoms with E-state index >= 15 is 0 Å². The Balaban J connectivity index is 2.02. The summed E-state index contributed by atoms with van der Waals surface area (Å²) in [5.74, 6) is 6.35. The van der Waals surface area contributed by atoms with Gasteiger partial charge in [0.15, 0.2) is 0 Å². The maximum absolute atomic E-state index is 13.4. The second-order valence-corrected chi connectivity index (χ2v) is 5.29. The SMILES string of the molecule is Cc1nc(C#Cc2ccnc(Cl)c2)c(C)n1-c1cncc(F)c1. The predicted octanol–water partition coefficient (Wildman–Crippen LogP) is 3.47. The summed E-state index contributed by atoms with van der Waals surface area (Å²) in [5.41, 5.74) is 2.82. The smallest absolute Gasteiger partial charge is 0.143 e. The summed E-state index contributed by atoms with van der Waals surface area (Å²) in [4.78, 5) is 12.2. The number of halogens is 2. The van der Waals surface area contributed by atoms with Crippen LogP contribution in [0.3, 0.4) is 0 Å². The second-order valence-electron chi connectivity index (χ2n) is 4.91. The van der Waals surface area contributed by atoms with Crippen LogP contribution in [0.25, 0.3) is 5.69 Å². The number of imidazole rings is 1. The summed E-state index contributed by atoms with van der Waals surface area (Å²) in [5, 5.41) is 0.390. The third-order valence-electron chi connectivity index (χ3n) is 3.28. The number of aromatic nitrogens is 4. The molecule has 6 heteroatoms. The van der Waals surface area contributed by atoms with Gasteiger partial charge in [0, 0.05) is 17.8 Å². The molecule has 114 valence electrons. The molecule has 0 saturated heterocycles. The first-order chi connectivity index (χ1) is 11.0. The molecular weight excluding hydrogens is 315 g/mol. The van der Waals surface area contributed by atoms with E-state index in [9.17, 15) is 4.39 Å². The van der Waals surface area contributed by atoms with Gasteiger partial charge in [0.2, 0.25) is 0 Å². The van der Waals surface area contributed by atoms with Crippen molar-refractivity contribution in [2.75, 3.05) is 0 Å². The zero-order chi connectivity index (χ0) is 16.4. The van der Waals surface area contributed by atoms with Crippen LogP contribution in [0.5, 0.6) is 0 Å². The molecule has 0 aliphatic carbocycles. The van der Waals surface area contributed by atoms with Crippen LogP contribution >= 0.6 is 11.6 Å². The highest BCUT2D eigenvalue weighted by Crippen LogP contribution is 2.17. The standard InChI is InChI=1S/C17H12ClFN4/c1-11-16(4-3-13-5-6-21-17(18)7-13)22-12(2)23(11)15-8-14(19)9-20-10-15/h5-10H,1-2H3. The molecule has 0 unspecified atom stereocenters. The lowest BCUT2D eigenvalue weighted by Crippen LogP contribution is -2.00. The van der Waals surface area contributed by atoms with Crippen LogP contribution in [0.2, 0.25) is 5.15 Å². The number of aryl methyl sites for hydroxylation is 1. The molecule has 3 heterocycles. The highest BCUT2D eigenvalue weighted by molar-refractivity contribution is 6.29. The van der Waals surface area contributed by atoms with Crippen LogP contribution in [0.4, 0.5) is 4.39 Å². The Kier molecular flexibility index (Phi) is 4.09. The fraction of sp³-hybridized carbons (Fsp3) is 0.118. The zero-order valence-corrected chi connectivity index (χ0v) is 13.3. The highest BCUT2D eigenvalue weighted by Gasteiger charge is 2.11. The number of hydrogen-bond donors (Lipinski definition) is 0. The molecule has 0 spiro atoms. The summed E-state index contributed by atoms with van der Waals surface area (Å²) in [6, 6.07) is 4.87. The lowest BCUT2D eigenvalue weighted by atomic mass is 10.2. The fourth-order valence-electron chi connectivity index (χ4n) is 2.27. The third kappa shape index (κ3) is 3.22. The van der Waals surface area contributed by atoms with Crippen molar-refractivity contribution in [2.24, 2.45) is 0 Å². The molecule has 0 fully saturated rings. The van der Waals surface area contributed by atoms with E-state index in [1.807, 2.05) is 18.4 Å². The predicted molar refractivity (Wildman–Crippen MR) is 86.0 cm³/mol. The maximum Gasteiger partial charge on any atom is 0.143 e. The zero-order valence-electron chi connectivity index (χ0n) is 12.5. The lowest BCUT2D eigenvalue weighted by molar-refractivity contribution is 0.619. The molecule has 0 aliphatic heterocycles. The van der Waals surface area contributed by atoms with Gasteiger partial charge in [-0.15, -0.1) is 0 Å². The van der Waals surface area contributed by atoms with Gasteiger partial charge >= 0.3 is 0 Å². The molecule has 0 N–H and O–H groups in total. The van der Waals surface area contributed by atoms with Gasteiger partial charge in [-0.2, -0.15) is 0 Å². The van der Waals surface area contributed by atoms with Crippen molar-refractivity contribution in [1.82, 2.24) is 19.5 Å². The second kappa shape index (κ2) is 6.19. The van der Waals surface area contributed by atoms with E-state index in [4.69, 9.17) is 11.6 Å². The Hall–Kier alpha value is -2.71. The Morgan fingerprint density at radius 1 is 1.17 bits per heavy atom.